The molecule has 3 aromatic rings. The lowest BCUT2D eigenvalue weighted by atomic mass is 10.2. The molecule has 6 heteroatoms. The van der Waals surface area contributed by atoms with Gasteiger partial charge in [0.25, 0.3) is 5.91 Å². The average molecular weight is 472 g/mol. The topological polar surface area (TPSA) is 36.4 Å². The van der Waals surface area contributed by atoms with E-state index in [4.69, 9.17) is 4.98 Å². The van der Waals surface area contributed by atoms with Crippen molar-refractivity contribution in [1.29, 1.82) is 0 Å². The Labute approximate surface area is 185 Å². The molecular formula is C23H26BrN3OS. The van der Waals surface area contributed by atoms with Crippen LogP contribution in [0, 0.1) is 0 Å². The van der Waals surface area contributed by atoms with Crippen LogP contribution in [0.25, 0.3) is 11.3 Å². The van der Waals surface area contributed by atoms with Gasteiger partial charge in [-0.15, -0.1) is 11.3 Å². The second kappa shape index (κ2) is 10.7. The third-order valence-corrected chi connectivity index (χ3v) is 6.27. The molecule has 2 aromatic carbocycles. The minimum atomic E-state index is -0.00833. The monoisotopic (exact) mass is 471 g/mol. The summed E-state index contributed by atoms with van der Waals surface area (Å²) in [5.74, 6) is -0.00833. The first-order chi connectivity index (χ1) is 14.1. The summed E-state index contributed by atoms with van der Waals surface area (Å²) in [4.78, 5) is 22.3. The molecule has 0 saturated carbocycles. The molecule has 0 fully saturated rings. The molecular weight excluding hydrogens is 446 g/mol. The summed E-state index contributed by atoms with van der Waals surface area (Å²) in [6.45, 7) is 7.99. The largest absolute Gasteiger partial charge is 0.304 e. The number of nitrogens with zero attached hydrogens (tertiary/aromatic N) is 3. The molecule has 1 amide bonds. The van der Waals surface area contributed by atoms with E-state index in [1.54, 1.807) is 0 Å². The van der Waals surface area contributed by atoms with Crippen LogP contribution < -0.4 is 4.90 Å². The fourth-order valence-corrected chi connectivity index (χ4v) is 4.28. The highest BCUT2D eigenvalue weighted by molar-refractivity contribution is 9.10. The van der Waals surface area contributed by atoms with E-state index in [-0.39, 0.29) is 5.91 Å². The summed E-state index contributed by atoms with van der Waals surface area (Å²) < 4.78 is 0.961. The quantitative estimate of drug-likeness (QED) is 0.386. The fraction of sp³-hybridized carbons (Fsp3) is 0.304. The molecule has 0 aliphatic carbocycles. The predicted molar refractivity (Wildman–Crippen MR) is 126 cm³/mol. The van der Waals surface area contributed by atoms with Gasteiger partial charge in [-0.25, -0.2) is 4.98 Å². The van der Waals surface area contributed by atoms with Crippen molar-refractivity contribution < 1.29 is 4.79 Å². The highest BCUT2D eigenvalue weighted by Crippen LogP contribution is 2.28. The van der Waals surface area contributed by atoms with E-state index >= 15 is 0 Å². The Bertz CT molecular complexity index is 907. The number of aromatic nitrogens is 1. The predicted octanol–water partition coefficient (Wildman–Crippen LogP) is 5.95. The van der Waals surface area contributed by atoms with Crippen molar-refractivity contribution in [2.75, 3.05) is 31.1 Å². The minimum Gasteiger partial charge on any atom is -0.304 e. The van der Waals surface area contributed by atoms with Crippen LogP contribution in [0.5, 0.6) is 0 Å². The molecule has 0 atom stereocenters. The Morgan fingerprint density at radius 3 is 2.34 bits per heavy atom. The first kappa shape index (κ1) is 21.7. The van der Waals surface area contributed by atoms with Gasteiger partial charge in [-0.05, 0) is 50.3 Å². The normalized spacial score (nSPS) is 11.0. The van der Waals surface area contributed by atoms with Crippen LogP contribution in [0.1, 0.15) is 30.6 Å². The van der Waals surface area contributed by atoms with Crippen molar-refractivity contribution in [2.24, 2.45) is 0 Å². The standard InChI is InChI=1S/C23H26BrN3OS/c1-3-26(4-2)15-8-16-27(22(28)19-11-13-20(24)14-12-19)23-25-21(17-29-23)18-9-6-5-7-10-18/h5-7,9-14,17H,3-4,8,15-16H2,1-2H3. The molecule has 4 nitrogen and oxygen atoms in total. The summed E-state index contributed by atoms with van der Waals surface area (Å²) in [7, 11) is 0. The van der Waals surface area contributed by atoms with Crippen LogP contribution in [0.4, 0.5) is 5.13 Å². The molecule has 3 rings (SSSR count). The zero-order chi connectivity index (χ0) is 20.6. The van der Waals surface area contributed by atoms with Crippen LogP contribution in [0.2, 0.25) is 0 Å². The smallest absolute Gasteiger partial charge is 0.260 e. The van der Waals surface area contributed by atoms with Crippen molar-refractivity contribution in [3.05, 3.63) is 70.0 Å². The number of hydrogen-bond acceptors (Lipinski definition) is 4. The number of anilines is 1. The van der Waals surface area contributed by atoms with Crippen molar-refractivity contribution in [2.45, 2.75) is 20.3 Å². The van der Waals surface area contributed by atoms with Gasteiger partial charge in [-0.1, -0.05) is 60.1 Å². The summed E-state index contributed by atoms with van der Waals surface area (Å²) in [5, 5.41) is 2.77. The van der Waals surface area contributed by atoms with E-state index in [0.717, 1.165) is 46.9 Å². The molecule has 0 saturated heterocycles. The number of halogens is 1. The van der Waals surface area contributed by atoms with Gasteiger partial charge in [0.1, 0.15) is 0 Å². The van der Waals surface area contributed by atoms with Crippen molar-refractivity contribution >= 4 is 38.3 Å². The van der Waals surface area contributed by atoms with Crippen LogP contribution in [0.15, 0.2) is 64.5 Å². The first-order valence-electron chi connectivity index (χ1n) is 9.93. The molecule has 1 heterocycles. The van der Waals surface area contributed by atoms with Gasteiger partial charge in [-0.2, -0.15) is 0 Å². The molecule has 0 N–H and O–H groups in total. The summed E-state index contributed by atoms with van der Waals surface area (Å²) in [6.07, 6.45) is 0.907. The Balaban J connectivity index is 1.83. The van der Waals surface area contributed by atoms with E-state index in [1.807, 2.05) is 64.9 Å². The molecule has 0 radical (unpaired) electrons. The van der Waals surface area contributed by atoms with Gasteiger partial charge >= 0.3 is 0 Å². The number of carbonyl (C=O) groups excluding carboxylic acids is 1. The Morgan fingerprint density at radius 2 is 1.69 bits per heavy atom. The highest BCUT2D eigenvalue weighted by atomic mass is 79.9. The van der Waals surface area contributed by atoms with E-state index in [2.05, 4.69) is 34.7 Å². The number of amides is 1. The van der Waals surface area contributed by atoms with Gasteiger partial charge in [-0.3, -0.25) is 9.69 Å². The SMILES string of the molecule is CCN(CC)CCCN(C(=O)c1ccc(Br)cc1)c1nc(-c2ccccc2)cs1. The summed E-state index contributed by atoms with van der Waals surface area (Å²) in [6, 6.07) is 17.6. The third-order valence-electron chi connectivity index (χ3n) is 4.88. The van der Waals surface area contributed by atoms with Gasteiger partial charge in [0.15, 0.2) is 5.13 Å². The molecule has 0 aliphatic rings. The van der Waals surface area contributed by atoms with Crippen LogP contribution in [-0.2, 0) is 0 Å². The van der Waals surface area contributed by atoms with Crippen molar-refractivity contribution in [3.63, 3.8) is 0 Å². The molecule has 29 heavy (non-hydrogen) atoms. The molecule has 0 spiro atoms. The average Bonchev–Trinajstić information content (AvgIpc) is 3.24. The number of thiazole rings is 1. The maximum atomic E-state index is 13.3. The molecule has 152 valence electrons. The first-order valence-corrected chi connectivity index (χ1v) is 11.6. The molecule has 0 unspecified atom stereocenters. The van der Waals surface area contributed by atoms with Crippen LogP contribution in [0.3, 0.4) is 0 Å². The van der Waals surface area contributed by atoms with E-state index in [1.165, 1.54) is 11.3 Å². The lowest BCUT2D eigenvalue weighted by Gasteiger charge is -2.23. The van der Waals surface area contributed by atoms with Crippen molar-refractivity contribution in [3.8, 4) is 11.3 Å². The minimum absolute atomic E-state index is 0.00833. The second-order valence-electron chi connectivity index (χ2n) is 6.73. The van der Waals surface area contributed by atoms with Gasteiger partial charge in [0.05, 0.1) is 5.69 Å². The third kappa shape index (κ3) is 5.75. The summed E-state index contributed by atoms with van der Waals surface area (Å²) >= 11 is 4.96. The number of rotatable bonds is 9. The van der Waals surface area contributed by atoms with E-state index in [9.17, 15) is 4.79 Å². The second-order valence-corrected chi connectivity index (χ2v) is 8.48. The van der Waals surface area contributed by atoms with E-state index in [0.29, 0.717) is 12.1 Å². The maximum absolute atomic E-state index is 13.3. The molecule has 0 aliphatic heterocycles. The van der Waals surface area contributed by atoms with Gasteiger partial charge < -0.3 is 4.90 Å². The van der Waals surface area contributed by atoms with Gasteiger partial charge in [0.2, 0.25) is 0 Å². The Kier molecular flexibility index (Phi) is 7.98. The fourth-order valence-electron chi connectivity index (χ4n) is 3.15. The number of benzene rings is 2. The Morgan fingerprint density at radius 1 is 1.00 bits per heavy atom. The van der Waals surface area contributed by atoms with Crippen molar-refractivity contribution in [1.82, 2.24) is 9.88 Å². The number of carbonyl (C=O) groups is 1. The molecule has 0 bridgehead atoms. The zero-order valence-electron chi connectivity index (χ0n) is 16.8. The Hall–Kier alpha value is -2.02. The van der Waals surface area contributed by atoms with Gasteiger partial charge in [0, 0.05) is 27.5 Å². The lowest BCUT2D eigenvalue weighted by molar-refractivity contribution is 0.0985. The van der Waals surface area contributed by atoms with Crippen LogP contribution >= 0.6 is 27.3 Å². The zero-order valence-corrected chi connectivity index (χ0v) is 19.2. The number of hydrogen-bond donors (Lipinski definition) is 0. The van der Waals surface area contributed by atoms with Crippen LogP contribution in [-0.4, -0.2) is 42.0 Å². The highest BCUT2D eigenvalue weighted by Gasteiger charge is 2.21. The lowest BCUT2D eigenvalue weighted by Crippen LogP contribution is -2.34. The summed E-state index contributed by atoms with van der Waals surface area (Å²) in [5.41, 5.74) is 2.64. The molecule has 1 aromatic heterocycles. The van der Waals surface area contributed by atoms with E-state index < -0.39 is 0 Å². The maximum Gasteiger partial charge on any atom is 0.260 e.